The van der Waals surface area contributed by atoms with E-state index in [1.807, 2.05) is 6.07 Å². The molecule has 0 spiro atoms. The standard InChI is InChI=1S/C14H15FN2.C7H5F3O2/c15-14-5-4-10-8-16-7-6-12(10)13(14)9-17-11-2-1-3-11;8-5-3-4(11)1-2-6(5)12-7(9)10/h4-8,11,17H,1-3,9H2;1-3,7,11H. The van der Waals surface area contributed by atoms with Gasteiger partial charge in [0.1, 0.15) is 11.6 Å². The van der Waals surface area contributed by atoms with Crippen LogP contribution in [0.5, 0.6) is 11.5 Å². The molecule has 0 amide bonds. The number of aromatic hydroxyl groups is 1. The Balaban J connectivity index is 0.000000177. The molecule has 0 aliphatic heterocycles. The first-order valence-electron chi connectivity index (χ1n) is 9.12. The van der Waals surface area contributed by atoms with Gasteiger partial charge in [-0.15, -0.1) is 0 Å². The van der Waals surface area contributed by atoms with Crippen LogP contribution in [0.4, 0.5) is 17.6 Å². The van der Waals surface area contributed by atoms with Crippen molar-refractivity contribution in [3.63, 3.8) is 0 Å². The fourth-order valence-electron chi connectivity index (χ4n) is 2.93. The third-order valence-corrected chi connectivity index (χ3v) is 4.68. The van der Waals surface area contributed by atoms with Gasteiger partial charge in [-0.3, -0.25) is 4.98 Å². The summed E-state index contributed by atoms with van der Waals surface area (Å²) in [5, 5.41) is 14.1. The highest BCUT2D eigenvalue weighted by Gasteiger charge is 2.17. The van der Waals surface area contributed by atoms with Crippen LogP contribution in [-0.2, 0) is 6.54 Å². The lowest BCUT2D eigenvalue weighted by atomic mass is 9.93. The lowest BCUT2D eigenvalue weighted by Gasteiger charge is -2.26. The molecule has 0 radical (unpaired) electrons. The Morgan fingerprint density at radius 1 is 1.10 bits per heavy atom. The SMILES string of the molecule is Fc1ccc2cnccc2c1CNC1CCC1.Oc1ccc(OC(F)F)c(F)c1. The van der Waals surface area contributed by atoms with Crippen LogP contribution in [0.3, 0.4) is 0 Å². The third-order valence-electron chi connectivity index (χ3n) is 4.68. The van der Waals surface area contributed by atoms with Crippen LogP contribution in [0.1, 0.15) is 24.8 Å². The summed E-state index contributed by atoms with van der Waals surface area (Å²) in [6, 6.07) is 8.45. The lowest BCUT2D eigenvalue weighted by Crippen LogP contribution is -2.34. The molecule has 4 nitrogen and oxygen atoms in total. The number of nitrogens with one attached hydrogen (secondary N) is 1. The van der Waals surface area contributed by atoms with Gasteiger partial charge >= 0.3 is 6.61 Å². The zero-order chi connectivity index (χ0) is 20.8. The first kappa shape index (κ1) is 20.9. The van der Waals surface area contributed by atoms with Gasteiger partial charge in [-0.05, 0) is 48.6 Å². The number of rotatable bonds is 5. The van der Waals surface area contributed by atoms with Gasteiger partial charge in [0, 0.05) is 42.0 Å². The fraction of sp³-hybridized carbons (Fsp3) is 0.286. The molecule has 0 atom stereocenters. The van der Waals surface area contributed by atoms with Gasteiger partial charge < -0.3 is 15.2 Å². The number of hydrogen-bond donors (Lipinski definition) is 2. The summed E-state index contributed by atoms with van der Waals surface area (Å²) in [6.45, 7) is -2.46. The number of halogens is 4. The van der Waals surface area contributed by atoms with Crippen molar-refractivity contribution in [2.75, 3.05) is 0 Å². The molecule has 2 N–H and O–H groups in total. The Labute approximate surface area is 165 Å². The molecule has 154 valence electrons. The molecule has 0 unspecified atom stereocenters. The Morgan fingerprint density at radius 2 is 1.90 bits per heavy atom. The number of aromatic nitrogens is 1. The van der Waals surface area contributed by atoms with Crippen LogP contribution in [-0.4, -0.2) is 22.7 Å². The minimum Gasteiger partial charge on any atom is -0.508 e. The van der Waals surface area contributed by atoms with Crippen molar-refractivity contribution >= 4 is 10.8 Å². The average Bonchev–Trinajstić information content (AvgIpc) is 2.65. The van der Waals surface area contributed by atoms with Gasteiger partial charge in [0.25, 0.3) is 0 Å². The molecule has 8 heteroatoms. The number of hydrogen-bond acceptors (Lipinski definition) is 4. The van der Waals surface area contributed by atoms with E-state index in [2.05, 4.69) is 15.0 Å². The molecule has 2 aromatic carbocycles. The second-order valence-electron chi connectivity index (χ2n) is 6.62. The van der Waals surface area contributed by atoms with E-state index >= 15 is 0 Å². The van der Waals surface area contributed by atoms with Gasteiger partial charge in [0.05, 0.1) is 0 Å². The van der Waals surface area contributed by atoms with Crippen LogP contribution in [0.25, 0.3) is 10.8 Å². The van der Waals surface area contributed by atoms with Gasteiger partial charge in [0.15, 0.2) is 11.6 Å². The molecule has 1 heterocycles. The molecule has 1 fully saturated rings. The number of fused-ring (bicyclic) bond motifs is 1. The van der Waals surface area contributed by atoms with Crippen molar-refractivity contribution in [1.82, 2.24) is 10.3 Å². The van der Waals surface area contributed by atoms with E-state index in [1.165, 1.54) is 25.3 Å². The Bertz CT molecular complexity index is 965. The van der Waals surface area contributed by atoms with Crippen LogP contribution in [0, 0.1) is 11.6 Å². The lowest BCUT2D eigenvalue weighted by molar-refractivity contribution is -0.0522. The zero-order valence-corrected chi connectivity index (χ0v) is 15.4. The molecular formula is C21H20F4N2O2. The largest absolute Gasteiger partial charge is 0.508 e. The second kappa shape index (κ2) is 9.56. The minimum absolute atomic E-state index is 0.129. The molecule has 3 aromatic rings. The molecule has 4 rings (SSSR count). The van der Waals surface area contributed by atoms with Gasteiger partial charge in [0.2, 0.25) is 0 Å². The highest BCUT2D eigenvalue weighted by atomic mass is 19.3. The molecule has 0 bridgehead atoms. The van der Waals surface area contributed by atoms with Crippen molar-refractivity contribution in [2.24, 2.45) is 0 Å². The minimum atomic E-state index is -3.07. The maximum atomic E-state index is 13.8. The topological polar surface area (TPSA) is 54.4 Å². The van der Waals surface area contributed by atoms with Crippen molar-refractivity contribution in [3.8, 4) is 11.5 Å². The number of benzene rings is 2. The number of pyridine rings is 1. The Morgan fingerprint density at radius 3 is 2.55 bits per heavy atom. The first-order chi connectivity index (χ1) is 13.9. The number of ether oxygens (including phenoxy) is 1. The van der Waals surface area contributed by atoms with Crippen LogP contribution < -0.4 is 10.1 Å². The summed E-state index contributed by atoms with van der Waals surface area (Å²) < 4.78 is 53.3. The molecule has 1 aliphatic rings. The molecule has 1 aliphatic carbocycles. The van der Waals surface area contributed by atoms with Gasteiger partial charge in [-0.1, -0.05) is 6.42 Å². The zero-order valence-electron chi connectivity index (χ0n) is 15.4. The predicted octanol–water partition coefficient (Wildman–Crippen LogP) is 5.15. The number of alkyl halides is 2. The van der Waals surface area contributed by atoms with Crippen molar-refractivity contribution in [1.29, 1.82) is 0 Å². The van der Waals surface area contributed by atoms with E-state index in [4.69, 9.17) is 5.11 Å². The van der Waals surface area contributed by atoms with Crippen LogP contribution in [0.15, 0.2) is 48.8 Å². The van der Waals surface area contributed by atoms with Crippen LogP contribution in [0.2, 0.25) is 0 Å². The molecule has 29 heavy (non-hydrogen) atoms. The molecule has 1 aromatic heterocycles. The predicted molar refractivity (Wildman–Crippen MR) is 101 cm³/mol. The van der Waals surface area contributed by atoms with E-state index in [9.17, 15) is 17.6 Å². The van der Waals surface area contributed by atoms with E-state index in [0.717, 1.165) is 28.5 Å². The van der Waals surface area contributed by atoms with Gasteiger partial charge in [-0.25, -0.2) is 8.78 Å². The number of phenolic OH excluding ortho intramolecular Hbond substituents is 1. The average molecular weight is 408 g/mol. The summed E-state index contributed by atoms with van der Waals surface area (Å²) in [6.07, 6.45) is 7.22. The smallest absolute Gasteiger partial charge is 0.387 e. The summed E-state index contributed by atoms with van der Waals surface area (Å²) >= 11 is 0. The van der Waals surface area contributed by atoms with Crippen molar-refractivity contribution in [3.05, 3.63) is 66.0 Å². The summed E-state index contributed by atoms with van der Waals surface area (Å²) in [5.74, 6) is -2.07. The van der Waals surface area contributed by atoms with E-state index in [0.29, 0.717) is 18.7 Å². The van der Waals surface area contributed by atoms with E-state index < -0.39 is 18.2 Å². The summed E-state index contributed by atoms with van der Waals surface area (Å²) in [5.41, 5.74) is 0.761. The monoisotopic (exact) mass is 408 g/mol. The fourth-order valence-corrected chi connectivity index (χ4v) is 2.93. The van der Waals surface area contributed by atoms with Crippen molar-refractivity contribution in [2.45, 2.75) is 38.5 Å². The third kappa shape index (κ3) is 5.57. The quantitative estimate of drug-likeness (QED) is 0.574. The summed E-state index contributed by atoms with van der Waals surface area (Å²) in [7, 11) is 0. The van der Waals surface area contributed by atoms with E-state index in [1.54, 1.807) is 18.5 Å². The second-order valence-corrected chi connectivity index (χ2v) is 6.62. The Kier molecular flexibility index (Phi) is 6.87. The van der Waals surface area contributed by atoms with Crippen LogP contribution >= 0.6 is 0 Å². The Hall–Kier alpha value is -2.87. The normalized spacial score (nSPS) is 13.7. The first-order valence-corrected chi connectivity index (χ1v) is 9.12. The number of nitrogens with zero attached hydrogens (tertiary/aromatic N) is 1. The molecule has 0 saturated heterocycles. The molecule has 1 saturated carbocycles. The maximum absolute atomic E-state index is 13.8. The van der Waals surface area contributed by atoms with E-state index in [-0.39, 0.29) is 11.6 Å². The number of phenols is 1. The molecular weight excluding hydrogens is 388 g/mol. The highest BCUT2D eigenvalue weighted by Crippen LogP contribution is 2.24. The van der Waals surface area contributed by atoms with Gasteiger partial charge in [-0.2, -0.15) is 8.78 Å². The van der Waals surface area contributed by atoms with Crippen molar-refractivity contribution < 1.29 is 27.4 Å². The maximum Gasteiger partial charge on any atom is 0.387 e. The highest BCUT2D eigenvalue weighted by molar-refractivity contribution is 5.84. The summed E-state index contributed by atoms with van der Waals surface area (Å²) in [4.78, 5) is 4.06.